The first-order valence-electron chi connectivity index (χ1n) is 11.7. The Hall–Kier alpha value is -0.270. The van der Waals surface area contributed by atoms with Crippen LogP contribution in [0.5, 0.6) is 0 Å². The molecule has 11 atom stereocenters. The van der Waals surface area contributed by atoms with Crippen LogP contribution in [0.3, 0.4) is 0 Å². The Balaban J connectivity index is 0.00000722. The standard InChI is InChI=1S/C20H38N3O13P.Na/c1-9(25)22-14-13(35-11(6-24)16(27)18(14)29)8-37(31,32)34-7-12-17(28)19(30)15(23-10(2)26)20(36-12)33-5-3-4-21;/h11-20,24,27-30H,3-8,21H2,1-2H3,(H,22,25)(H,23,26)(H,31,32);/q;+1/p-1/t11-,12-,13-,14-,15+,16-,17-,18-,19-,20-;/m1./s1. The second kappa shape index (κ2) is 16.2. The first kappa shape index (κ1) is 35.8. The van der Waals surface area contributed by atoms with Crippen LogP contribution in [0.4, 0.5) is 0 Å². The molecule has 18 heteroatoms. The number of hydrogen-bond donors (Lipinski definition) is 8. The minimum Gasteiger partial charge on any atom is -0.862 e. The molecule has 1 unspecified atom stereocenters. The Kier molecular flexibility index (Phi) is 15.3. The first-order valence-corrected chi connectivity index (χ1v) is 13.5. The number of carbonyl (C=O) groups excluding carboxylic acids is 1. The molecule has 0 aliphatic carbocycles. The van der Waals surface area contributed by atoms with Crippen molar-refractivity contribution in [3.05, 3.63) is 0 Å². The second-order valence-electron chi connectivity index (χ2n) is 8.89. The molecule has 0 saturated carbocycles. The van der Waals surface area contributed by atoms with Gasteiger partial charge in [0, 0.05) is 6.92 Å². The van der Waals surface area contributed by atoms with Crippen LogP contribution in [-0.2, 0) is 28.1 Å². The van der Waals surface area contributed by atoms with Crippen molar-refractivity contribution in [1.29, 1.82) is 0 Å². The smallest absolute Gasteiger partial charge is 0.862 e. The van der Waals surface area contributed by atoms with Crippen LogP contribution in [0.25, 0.3) is 0 Å². The molecule has 2 heterocycles. The normalized spacial score (nSPS) is 37.7. The zero-order chi connectivity index (χ0) is 27.9. The Labute approximate surface area is 241 Å². The van der Waals surface area contributed by atoms with Gasteiger partial charge >= 0.3 is 37.2 Å². The molecule has 0 aromatic carbocycles. The predicted molar refractivity (Wildman–Crippen MR) is 123 cm³/mol. The molecule has 2 aliphatic heterocycles. The maximum Gasteiger partial charge on any atom is 1.00 e. The summed E-state index contributed by atoms with van der Waals surface area (Å²) in [6.07, 6.45) is -12.2. The van der Waals surface area contributed by atoms with Crippen LogP contribution in [0.1, 0.15) is 20.3 Å². The van der Waals surface area contributed by atoms with Gasteiger partial charge < -0.3 is 65.3 Å². The molecule has 0 spiro atoms. The molecule has 2 saturated heterocycles. The second-order valence-corrected chi connectivity index (χ2v) is 10.8. The van der Waals surface area contributed by atoms with Gasteiger partial charge in [-0.3, -0.25) is 14.4 Å². The molecular formula is C20H37N3NaO13P. The SMILES string of the molecule is CC(=O)N[C@@H]1[C@H](OCCCN)O[C@H](COP(=O)(O)C[C@H]2O[C@H](CO)[C@@H](O)[C@H](O)[C@@H]2N=C(C)[O-])[C@@H](O)[C@@H]1O.[Na+]. The van der Waals surface area contributed by atoms with Crippen molar-refractivity contribution in [2.75, 3.05) is 32.5 Å². The molecule has 16 nitrogen and oxygen atoms in total. The fourth-order valence-corrected chi connectivity index (χ4v) is 5.29. The Morgan fingerprint density at radius 1 is 1.08 bits per heavy atom. The van der Waals surface area contributed by atoms with E-state index in [9.17, 15) is 44.9 Å². The minimum absolute atomic E-state index is 0. The van der Waals surface area contributed by atoms with E-state index in [0.717, 1.165) is 6.92 Å². The Morgan fingerprint density at radius 3 is 2.26 bits per heavy atom. The summed E-state index contributed by atoms with van der Waals surface area (Å²) in [6.45, 7) is 1.25. The number of amides is 1. The first-order chi connectivity index (χ1) is 17.3. The minimum atomic E-state index is -4.59. The number of rotatable bonds is 12. The summed E-state index contributed by atoms with van der Waals surface area (Å²) >= 11 is 0. The van der Waals surface area contributed by atoms with Crippen LogP contribution >= 0.6 is 7.60 Å². The number of aliphatic imine (C=N–C) groups is 1. The predicted octanol–water partition coefficient (Wildman–Crippen LogP) is -7.86. The number of nitrogens with one attached hydrogen (secondary N) is 1. The number of aliphatic hydroxyl groups is 5. The van der Waals surface area contributed by atoms with Crippen LogP contribution in [0, 0.1) is 0 Å². The van der Waals surface area contributed by atoms with Crippen molar-refractivity contribution in [3.8, 4) is 0 Å². The van der Waals surface area contributed by atoms with E-state index in [0.29, 0.717) is 13.0 Å². The van der Waals surface area contributed by atoms with Gasteiger partial charge in [-0.2, -0.15) is 0 Å². The van der Waals surface area contributed by atoms with Gasteiger partial charge in [-0.25, -0.2) is 0 Å². The topological polar surface area (TPSA) is 266 Å². The van der Waals surface area contributed by atoms with Gasteiger partial charge in [0.1, 0.15) is 48.7 Å². The monoisotopic (exact) mass is 581 g/mol. The van der Waals surface area contributed by atoms with Gasteiger partial charge in [-0.15, -0.1) is 0 Å². The van der Waals surface area contributed by atoms with Crippen LogP contribution in [0.15, 0.2) is 4.99 Å². The molecule has 1 amide bonds. The van der Waals surface area contributed by atoms with E-state index in [2.05, 4.69) is 10.3 Å². The number of ether oxygens (including phenoxy) is 3. The molecule has 2 rings (SSSR count). The molecule has 216 valence electrons. The molecular weight excluding hydrogens is 544 g/mol. The van der Waals surface area contributed by atoms with Gasteiger partial charge in [0.2, 0.25) is 5.91 Å². The van der Waals surface area contributed by atoms with Crippen LogP contribution < -0.4 is 45.7 Å². The van der Waals surface area contributed by atoms with E-state index >= 15 is 0 Å². The van der Waals surface area contributed by atoms with E-state index in [1.165, 1.54) is 6.92 Å². The molecule has 38 heavy (non-hydrogen) atoms. The number of carbonyl (C=O) groups is 1. The maximum absolute atomic E-state index is 12.8. The summed E-state index contributed by atoms with van der Waals surface area (Å²) in [5.74, 6) is -1.25. The fourth-order valence-electron chi connectivity index (χ4n) is 4.05. The zero-order valence-corrected chi connectivity index (χ0v) is 24.4. The van der Waals surface area contributed by atoms with Crippen molar-refractivity contribution in [1.82, 2.24) is 5.32 Å². The van der Waals surface area contributed by atoms with Gasteiger partial charge in [-0.05, 0) is 25.8 Å². The van der Waals surface area contributed by atoms with E-state index in [1.807, 2.05) is 0 Å². The molecule has 0 aromatic heterocycles. The van der Waals surface area contributed by atoms with E-state index < -0.39 is 99.9 Å². The third-order valence-corrected chi connectivity index (χ3v) is 7.25. The average molecular weight is 581 g/mol. The third kappa shape index (κ3) is 9.98. The van der Waals surface area contributed by atoms with Gasteiger partial charge in [0.05, 0.1) is 32.1 Å². The van der Waals surface area contributed by atoms with E-state index in [1.54, 1.807) is 0 Å². The van der Waals surface area contributed by atoms with Gasteiger partial charge in [0.15, 0.2) is 6.29 Å². The average Bonchev–Trinajstić information content (AvgIpc) is 2.81. The van der Waals surface area contributed by atoms with Gasteiger partial charge in [0.25, 0.3) is 0 Å². The summed E-state index contributed by atoms with van der Waals surface area (Å²) in [7, 11) is -4.59. The molecule has 9 N–H and O–H groups in total. The van der Waals surface area contributed by atoms with Crippen molar-refractivity contribution in [2.24, 2.45) is 10.7 Å². The number of aliphatic hydroxyl groups excluding tert-OH is 5. The molecule has 2 fully saturated rings. The summed E-state index contributed by atoms with van der Waals surface area (Å²) in [5.41, 5.74) is 5.44. The van der Waals surface area contributed by atoms with Crippen LogP contribution in [-0.4, -0.2) is 136 Å². The number of nitrogens with zero attached hydrogens (tertiary/aromatic N) is 1. The summed E-state index contributed by atoms with van der Waals surface area (Å²) in [5, 5.41) is 64.7. The maximum atomic E-state index is 12.8. The Morgan fingerprint density at radius 2 is 1.71 bits per heavy atom. The summed E-state index contributed by atoms with van der Waals surface area (Å²) in [4.78, 5) is 25.6. The van der Waals surface area contributed by atoms with Crippen molar-refractivity contribution in [3.63, 3.8) is 0 Å². The fraction of sp³-hybridized carbons (Fsp3) is 0.900. The van der Waals surface area contributed by atoms with E-state index in [4.69, 9.17) is 24.5 Å². The molecule has 0 bridgehead atoms. The van der Waals surface area contributed by atoms with E-state index in [-0.39, 0.29) is 36.2 Å². The van der Waals surface area contributed by atoms with Gasteiger partial charge in [-0.1, -0.05) is 0 Å². The van der Waals surface area contributed by atoms with Crippen molar-refractivity contribution < 1.29 is 93.2 Å². The molecule has 0 aromatic rings. The van der Waals surface area contributed by atoms with Crippen LogP contribution in [0.2, 0.25) is 0 Å². The third-order valence-electron chi connectivity index (χ3n) is 5.87. The Bertz CT molecular complexity index is 823. The number of hydrogen-bond acceptors (Lipinski definition) is 14. The summed E-state index contributed by atoms with van der Waals surface area (Å²) < 4.78 is 34.5. The zero-order valence-electron chi connectivity index (χ0n) is 21.5. The largest absolute Gasteiger partial charge is 1.00 e. The van der Waals surface area contributed by atoms with Crippen molar-refractivity contribution >= 4 is 19.4 Å². The summed E-state index contributed by atoms with van der Waals surface area (Å²) in [6, 6.07) is -2.56. The quantitative estimate of drug-likeness (QED) is 0.0350. The molecule has 2 aliphatic rings. The van der Waals surface area contributed by atoms with Crippen molar-refractivity contribution in [2.45, 2.75) is 81.4 Å². The number of nitrogens with two attached hydrogens (primary N) is 1. The molecule has 0 radical (unpaired) electrons.